The molecule has 0 spiro atoms. The lowest BCUT2D eigenvalue weighted by atomic mass is 9.80. The number of halogens is 1. The minimum atomic E-state index is -0.461. The second-order valence-corrected chi connectivity index (χ2v) is 5.37. The SMILES string of the molecule is CCOC(=O)CC1Cc2cc(F)ccc2OC1(C)C. The number of rotatable bonds is 3. The normalized spacial score (nSPS) is 20.3. The molecule has 1 atom stereocenters. The molecule has 104 valence electrons. The van der Waals surface area contributed by atoms with Gasteiger partial charge in [0.1, 0.15) is 17.2 Å². The van der Waals surface area contributed by atoms with Crippen LogP contribution in [0.1, 0.15) is 32.8 Å². The van der Waals surface area contributed by atoms with E-state index in [0.717, 1.165) is 5.56 Å². The summed E-state index contributed by atoms with van der Waals surface area (Å²) >= 11 is 0. The third-order valence-corrected chi connectivity index (χ3v) is 3.56. The van der Waals surface area contributed by atoms with Gasteiger partial charge in [0.2, 0.25) is 0 Å². The van der Waals surface area contributed by atoms with Crippen LogP contribution in [-0.4, -0.2) is 18.2 Å². The van der Waals surface area contributed by atoms with Gasteiger partial charge in [0.15, 0.2) is 0 Å². The van der Waals surface area contributed by atoms with Gasteiger partial charge in [-0.25, -0.2) is 4.39 Å². The van der Waals surface area contributed by atoms with Crippen LogP contribution in [0.4, 0.5) is 4.39 Å². The lowest BCUT2D eigenvalue weighted by Gasteiger charge is -2.39. The fraction of sp³-hybridized carbons (Fsp3) is 0.533. The summed E-state index contributed by atoms with van der Waals surface area (Å²) in [6.45, 7) is 6.05. The number of hydrogen-bond acceptors (Lipinski definition) is 3. The monoisotopic (exact) mass is 266 g/mol. The van der Waals surface area contributed by atoms with Gasteiger partial charge in [-0.1, -0.05) is 0 Å². The first-order chi connectivity index (χ1) is 8.92. The zero-order valence-corrected chi connectivity index (χ0v) is 11.5. The van der Waals surface area contributed by atoms with Crippen molar-refractivity contribution in [1.29, 1.82) is 0 Å². The van der Waals surface area contributed by atoms with Crippen molar-refractivity contribution < 1.29 is 18.7 Å². The Balaban J connectivity index is 2.19. The summed E-state index contributed by atoms with van der Waals surface area (Å²) in [4.78, 5) is 11.6. The summed E-state index contributed by atoms with van der Waals surface area (Å²) < 4.78 is 24.1. The maximum absolute atomic E-state index is 13.3. The first-order valence-corrected chi connectivity index (χ1v) is 6.55. The van der Waals surface area contributed by atoms with E-state index < -0.39 is 5.60 Å². The molecule has 0 aliphatic carbocycles. The lowest BCUT2D eigenvalue weighted by Crippen LogP contribution is -2.43. The first kappa shape index (κ1) is 13.8. The minimum absolute atomic E-state index is 0.0131. The van der Waals surface area contributed by atoms with Gasteiger partial charge in [-0.2, -0.15) is 0 Å². The smallest absolute Gasteiger partial charge is 0.306 e. The molecule has 0 amide bonds. The van der Waals surface area contributed by atoms with Crippen LogP contribution in [0.2, 0.25) is 0 Å². The van der Waals surface area contributed by atoms with Crippen LogP contribution in [0.3, 0.4) is 0 Å². The van der Waals surface area contributed by atoms with E-state index in [2.05, 4.69) is 0 Å². The Kier molecular flexibility index (Phi) is 3.78. The van der Waals surface area contributed by atoms with Crippen molar-refractivity contribution in [2.24, 2.45) is 5.92 Å². The molecule has 3 nitrogen and oxygen atoms in total. The summed E-state index contributed by atoms with van der Waals surface area (Å²) in [5.41, 5.74) is 0.353. The number of esters is 1. The molecular formula is C15H19FO3. The van der Waals surface area contributed by atoms with Gasteiger partial charge in [-0.05, 0) is 51.0 Å². The van der Waals surface area contributed by atoms with Gasteiger partial charge < -0.3 is 9.47 Å². The highest BCUT2D eigenvalue weighted by Crippen LogP contribution is 2.38. The first-order valence-electron chi connectivity index (χ1n) is 6.55. The zero-order chi connectivity index (χ0) is 14.0. The molecule has 1 heterocycles. The van der Waals surface area contributed by atoms with Crippen LogP contribution in [0.15, 0.2) is 18.2 Å². The van der Waals surface area contributed by atoms with Crippen LogP contribution in [0.25, 0.3) is 0 Å². The van der Waals surface area contributed by atoms with Gasteiger partial charge in [-0.3, -0.25) is 4.79 Å². The van der Waals surface area contributed by atoms with Gasteiger partial charge >= 0.3 is 5.97 Å². The highest BCUT2D eigenvalue weighted by molar-refractivity contribution is 5.70. The van der Waals surface area contributed by atoms with Crippen LogP contribution >= 0.6 is 0 Å². The molecule has 2 rings (SSSR count). The summed E-state index contributed by atoms with van der Waals surface area (Å²) in [5, 5.41) is 0. The van der Waals surface area contributed by atoms with Crippen molar-refractivity contribution in [3.05, 3.63) is 29.6 Å². The predicted octanol–water partition coefficient (Wildman–Crippen LogP) is 3.11. The van der Waals surface area contributed by atoms with E-state index in [1.807, 2.05) is 13.8 Å². The fourth-order valence-electron chi connectivity index (χ4n) is 2.42. The number of carbonyl (C=O) groups excluding carboxylic acids is 1. The number of ether oxygens (including phenoxy) is 2. The Hall–Kier alpha value is -1.58. The molecule has 1 aromatic carbocycles. The molecule has 1 aliphatic rings. The molecule has 1 aromatic rings. The summed E-state index contributed by atoms with van der Waals surface area (Å²) in [6, 6.07) is 4.51. The molecule has 0 saturated heterocycles. The quantitative estimate of drug-likeness (QED) is 0.789. The maximum Gasteiger partial charge on any atom is 0.306 e. The van der Waals surface area contributed by atoms with E-state index in [9.17, 15) is 9.18 Å². The average Bonchev–Trinajstić information content (AvgIpc) is 2.31. The molecule has 1 unspecified atom stereocenters. The van der Waals surface area contributed by atoms with Gasteiger partial charge in [-0.15, -0.1) is 0 Å². The molecule has 0 saturated carbocycles. The second-order valence-electron chi connectivity index (χ2n) is 5.37. The molecule has 4 heteroatoms. The molecule has 0 radical (unpaired) electrons. The van der Waals surface area contributed by atoms with Crippen molar-refractivity contribution in [2.75, 3.05) is 6.61 Å². The topological polar surface area (TPSA) is 35.5 Å². The maximum atomic E-state index is 13.3. The third-order valence-electron chi connectivity index (χ3n) is 3.56. The largest absolute Gasteiger partial charge is 0.487 e. The molecule has 0 N–H and O–H groups in total. The number of carbonyl (C=O) groups is 1. The standard InChI is InChI=1S/C15H19FO3/c1-4-18-14(17)9-11-7-10-8-12(16)5-6-13(10)19-15(11,2)3/h5-6,8,11H,4,7,9H2,1-3H3. The van der Waals surface area contributed by atoms with Crippen molar-refractivity contribution in [3.8, 4) is 5.75 Å². The van der Waals surface area contributed by atoms with E-state index >= 15 is 0 Å². The van der Waals surface area contributed by atoms with E-state index in [-0.39, 0.29) is 24.1 Å². The average molecular weight is 266 g/mol. The van der Waals surface area contributed by atoms with E-state index in [1.165, 1.54) is 12.1 Å². The van der Waals surface area contributed by atoms with Crippen molar-refractivity contribution >= 4 is 5.97 Å². The number of hydrogen-bond donors (Lipinski definition) is 0. The highest BCUT2D eigenvalue weighted by Gasteiger charge is 2.38. The van der Waals surface area contributed by atoms with Gasteiger partial charge in [0, 0.05) is 5.92 Å². The lowest BCUT2D eigenvalue weighted by molar-refractivity contribution is -0.146. The van der Waals surface area contributed by atoms with Crippen molar-refractivity contribution in [2.45, 2.75) is 39.2 Å². The van der Waals surface area contributed by atoms with Crippen LogP contribution < -0.4 is 4.74 Å². The minimum Gasteiger partial charge on any atom is -0.487 e. The summed E-state index contributed by atoms with van der Waals surface area (Å²) in [5.74, 6) is 0.174. The Morgan fingerprint density at radius 1 is 1.53 bits per heavy atom. The third kappa shape index (κ3) is 3.06. The fourth-order valence-corrected chi connectivity index (χ4v) is 2.42. The van der Waals surface area contributed by atoms with E-state index in [4.69, 9.17) is 9.47 Å². The molecule has 0 aromatic heterocycles. The number of benzene rings is 1. The summed E-state index contributed by atoms with van der Waals surface area (Å²) in [6.07, 6.45) is 0.912. The van der Waals surface area contributed by atoms with Crippen molar-refractivity contribution in [1.82, 2.24) is 0 Å². The molecule has 1 aliphatic heterocycles. The van der Waals surface area contributed by atoms with Crippen molar-refractivity contribution in [3.63, 3.8) is 0 Å². The Morgan fingerprint density at radius 3 is 2.95 bits per heavy atom. The van der Waals surface area contributed by atoms with E-state index in [0.29, 0.717) is 18.8 Å². The van der Waals surface area contributed by atoms with Crippen LogP contribution in [0.5, 0.6) is 5.75 Å². The summed E-state index contributed by atoms with van der Waals surface area (Å²) in [7, 11) is 0. The number of fused-ring (bicyclic) bond motifs is 1. The molecule has 0 bridgehead atoms. The Morgan fingerprint density at radius 2 is 2.26 bits per heavy atom. The van der Waals surface area contributed by atoms with Crippen LogP contribution in [-0.2, 0) is 16.0 Å². The van der Waals surface area contributed by atoms with E-state index in [1.54, 1.807) is 13.0 Å². The van der Waals surface area contributed by atoms with Gasteiger partial charge in [0.25, 0.3) is 0 Å². The Bertz CT molecular complexity index is 482. The Labute approximate surface area is 112 Å². The molecule has 19 heavy (non-hydrogen) atoms. The van der Waals surface area contributed by atoms with Crippen LogP contribution in [0, 0.1) is 11.7 Å². The zero-order valence-electron chi connectivity index (χ0n) is 11.5. The molecular weight excluding hydrogens is 247 g/mol. The van der Waals surface area contributed by atoms with Gasteiger partial charge in [0.05, 0.1) is 13.0 Å². The second kappa shape index (κ2) is 5.19. The molecule has 0 fully saturated rings. The predicted molar refractivity (Wildman–Crippen MR) is 69.6 cm³/mol. The highest BCUT2D eigenvalue weighted by atomic mass is 19.1.